The lowest BCUT2D eigenvalue weighted by Crippen LogP contribution is -2.45. The van der Waals surface area contributed by atoms with Crippen LogP contribution in [-0.2, 0) is 11.2 Å². The van der Waals surface area contributed by atoms with Gasteiger partial charge >= 0.3 is 6.61 Å². The molecule has 7 nitrogen and oxygen atoms in total. The number of furan rings is 1. The molecule has 9 heteroatoms. The second-order valence-corrected chi connectivity index (χ2v) is 8.10. The fraction of sp³-hybridized carbons (Fsp3) is 0.522. The fourth-order valence-corrected chi connectivity index (χ4v) is 4.06. The van der Waals surface area contributed by atoms with Crippen LogP contribution in [0.25, 0.3) is 0 Å². The summed E-state index contributed by atoms with van der Waals surface area (Å²) < 4.78 is 41.1. The molecule has 4 rings (SSSR count). The van der Waals surface area contributed by atoms with Crippen molar-refractivity contribution >= 4 is 11.6 Å². The SMILES string of the molecule is FC(F)Oc1ccccc1N1CCC(NC(=NCC2CCOC2)NCCc2ccco2)C1. The maximum atomic E-state index is 12.8. The molecule has 2 aliphatic rings. The third-order valence-corrected chi connectivity index (χ3v) is 5.73. The van der Waals surface area contributed by atoms with E-state index in [1.165, 1.54) is 0 Å². The predicted octanol–water partition coefficient (Wildman–Crippen LogP) is 3.27. The highest BCUT2D eigenvalue weighted by atomic mass is 19.3. The smallest absolute Gasteiger partial charge is 0.387 e. The van der Waals surface area contributed by atoms with Gasteiger partial charge in [0.05, 0.1) is 18.6 Å². The molecule has 0 amide bonds. The molecule has 2 atom stereocenters. The molecule has 2 aliphatic heterocycles. The molecule has 174 valence electrons. The van der Waals surface area contributed by atoms with E-state index in [-0.39, 0.29) is 11.8 Å². The van der Waals surface area contributed by atoms with Crippen molar-refractivity contribution in [1.29, 1.82) is 0 Å². The number of para-hydroxylation sites is 2. The Morgan fingerprint density at radius 3 is 2.91 bits per heavy atom. The summed E-state index contributed by atoms with van der Waals surface area (Å²) in [6.07, 6.45) is 4.33. The maximum absolute atomic E-state index is 12.8. The number of guanidine groups is 1. The van der Waals surface area contributed by atoms with Crippen LogP contribution in [0.2, 0.25) is 0 Å². The standard InChI is InChI=1S/C23H30F2N4O3/c24-22(25)32-21-6-2-1-5-20(21)29-11-8-18(15-29)28-23(27-14-17-9-13-30-16-17)26-10-7-19-4-3-12-31-19/h1-6,12,17-18,22H,7-11,13-16H2,(H2,26,27,28). The van der Waals surface area contributed by atoms with E-state index in [0.29, 0.717) is 31.2 Å². The number of aliphatic imine (C=N–C) groups is 1. The summed E-state index contributed by atoms with van der Waals surface area (Å²) in [5.74, 6) is 2.32. The zero-order valence-electron chi connectivity index (χ0n) is 18.0. The molecule has 2 fully saturated rings. The van der Waals surface area contributed by atoms with Gasteiger partial charge in [0, 0.05) is 51.2 Å². The van der Waals surface area contributed by atoms with Gasteiger partial charge in [0.25, 0.3) is 0 Å². The number of benzene rings is 1. The van der Waals surface area contributed by atoms with Crippen molar-refractivity contribution in [3.63, 3.8) is 0 Å². The van der Waals surface area contributed by atoms with E-state index >= 15 is 0 Å². The summed E-state index contributed by atoms with van der Waals surface area (Å²) >= 11 is 0. The van der Waals surface area contributed by atoms with Gasteiger partial charge in [0.2, 0.25) is 0 Å². The van der Waals surface area contributed by atoms with Crippen LogP contribution in [0.5, 0.6) is 5.75 Å². The number of rotatable bonds is 9. The number of nitrogens with one attached hydrogen (secondary N) is 2. The van der Waals surface area contributed by atoms with Crippen LogP contribution in [-0.4, -0.2) is 58.0 Å². The molecule has 3 heterocycles. The van der Waals surface area contributed by atoms with Crippen molar-refractivity contribution in [3.8, 4) is 5.75 Å². The Morgan fingerprint density at radius 2 is 2.12 bits per heavy atom. The molecule has 0 spiro atoms. The summed E-state index contributed by atoms with van der Waals surface area (Å²) in [5.41, 5.74) is 0.685. The number of halogens is 2. The first kappa shape index (κ1) is 22.4. The van der Waals surface area contributed by atoms with Gasteiger partial charge in [-0.2, -0.15) is 8.78 Å². The Labute approximate surface area is 186 Å². The molecule has 0 radical (unpaired) electrons. The normalized spacial score (nSPS) is 21.3. The third-order valence-electron chi connectivity index (χ3n) is 5.73. The largest absolute Gasteiger partial charge is 0.469 e. The summed E-state index contributed by atoms with van der Waals surface area (Å²) in [6.45, 7) is 1.53. The maximum Gasteiger partial charge on any atom is 0.387 e. The van der Waals surface area contributed by atoms with Crippen molar-refractivity contribution < 1.29 is 22.7 Å². The van der Waals surface area contributed by atoms with E-state index < -0.39 is 6.61 Å². The third kappa shape index (κ3) is 6.35. The van der Waals surface area contributed by atoms with Crippen molar-refractivity contribution in [2.75, 3.05) is 44.3 Å². The number of hydrogen-bond acceptors (Lipinski definition) is 5. The second kappa shape index (κ2) is 11.2. The minimum absolute atomic E-state index is 0.143. The van der Waals surface area contributed by atoms with Crippen molar-refractivity contribution in [2.45, 2.75) is 31.9 Å². The first-order chi connectivity index (χ1) is 15.7. The number of hydrogen-bond donors (Lipinski definition) is 2. The average Bonchev–Trinajstić information content (AvgIpc) is 3.55. The molecule has 2 saturated heterocycles. The van der Waals surface area contributed by atoms with Crippen LogP contribution < -0.4 is 20.3 Å². The van der Waals surface area contributed by atoms with E-state index in [2.05, 4.69) is 15.5 Å². The van der Waals surface area contributed by atoms with Gasteiger partial charge in [-0.1, -0.05) is 12.1 Å². The van der Waals surface area contributed by atoms with E-state index in [0.717, 1.165) is 50.7 Å². The van der Waals surface area contributed by atoms with E-state index in [9.17, 15) is 8.78 Å². The first-order valence-electron chi connectivity index (χ1n) is 11.1. The Bertz CT molecular complexity index is 857. The minimum Gasteiger partial charge on any atom is -0.469 e. The van der Waals surface area contributed by atoms with E-state index in [1.807, 2.05) is 24.3 Å². The monoisotopic (exact) mass is 448 g/mol. The van der Waals surface area contributed by atoms with Crippen molar-refractivity contribution in [1.82, 2.24) is 10.6 Å². The van der Waals surface area contributed by atoms with Gasteiger partial charge in [-0.25, -0.2) is 0 Å². The molecule has 2 N–H and O–H groups in total. The van der Waals surface area contributed by atoms with Crippen LogP contribution in [0.3, 0.4) is 0 Å². The molecule has 1 aromatic heterocycles. The molecular formula is C23H30F2N4O3. The Hall–Kier alpha value is -2.81. The van der Waals surface area contributed by atoms with Crippen LogP contribution in [0, 0.1) is 5.92 Å². The second-order valence-electron chi connectivity index (χ2n) is 8.10. The summed E-state index contributed by atoms with van der Waals surface area (Å²) in [7, 11) is 0. The van der Waals surface area contributed by atoms with Gasteiger partial charge < -0.3 is 29.4 Å². The lowest BCUT2D eigenvalue weighted by Gasteiger charge is -2.23. The van der Waals surface area contributed by atoms with Crippen LogP contribution in [0.15, 0.2) is 52.1 Å². The van der Waals surface area contributed by atoms with Crippen molar-refractivity contribution in [3.05, 3.63) is 48.4 Å². The molecule has 0 aliphatic carbocycles. The Morgan fingerprint density at radius 1 is 1.22 bits per heavy atom. The van der Waals surface area contributed by atoms with Gasteiger partial charge in [-0.15, -0.1) is 0 Å². The molecule has 0 bridgehead atoms. The van der Waals surface area contributed by atoms with Crippen LogP contribution in [0.4, 0.5) is 14.5 Å². The Balaban J connectivity index is 1.35. The number of ether oxygens (including phenoxy) is 2. The molecule has 2 unspecified atom stereocenters. The predicted molar refractivity (Wildman–Crippen MR) is 118 cm³/mol. The quantitative estimate of drug-likeness (QED) is 0.453. The fourth-order valence-electron chi connectivity index (χ4n) is 4.06. The van der Waals surface area contributed by atoms with E-state index in [1.54, 1.807) is 18.4 Å². The lowest BCUT2D eigenvalue weighted by atomic mass is 10.1. The highest BCUT2D eigenvalue weighted by Gasteiger charge is 2.26. The zero-order chi connectivity index (χ0) is 22.2. The number of nitrogens with zero attached hydrogens (tertiary/aromatic N) is 2. The van der Waals surface area contributed by atoms with E-state index in [4.69, 9.17) is 18.9 Å². The minimum atomic E-state index is -2.84. The molecule has 0 saturated carbocycles. The number of anilines is 1. The summed E-state index contributed by atoms with van der Waals surface area (Å²) in [5, 5.41) is 6.91. The van der Waals surface area contributed by atoms with Crippen molar-refractivity contribution in [2.24, 2.45) is 10.9 Å². The highest BCUT2D eigenvalue weighted by Crippen LogP contribution is 2.31. The molecule has 2 aromatic rings. The van der Waals surface area contributed by atoms with Crippen LogP contribution >= 0.6 is 0 Å². The Kier molecular flexibility index (Phi) is 7.82. The molecule has 1 aromatic carbocycles. The molecule has 32 heavy (non-hydrogen) atoms. The van der Waals surface area contributed by atoms with Gasteiger partial charge in [0.1, 0.15) is 11.5 Å². The summed E-state index contributed by atoms with van der Waals surface area (Å²) in [4.78, 5) is 6.85. The lowest BCUT2D eigenvalue weighted by molar-refractivity contribution is -0.0495. The molecular weight excluding hydrogens is 418 g/mol. The van der Waals surface area contributed by atoms with Crippen LogP contribution in [0.1, 0.15) is 18.6 Å². The average molecular weight is 449 g/mol. The van der Waals surface area contributed by atoms with Gasteiger partial charge in [0.15, 0.2) is 5.96 Å². The van der Waals surface area contributed by atoms with Gasteiger partial charge in [-0.05, 0) is 37.1 Å². The zero-order valence-corrected chi connectivity index (χ0v) is 18.0. The van der Waals surface area contributed by atoms with Gasteiger partial charge in [-0.3, -0.25) is 4.99 Å². The summed E-state index contributed by atoms with van der Waals surface area (Å²) in [6, 6.07) is 10.9. The number of alkyl halides is 2. The first-order valence-corrected chi connectivity index (χ1v) is 11.1. The topological polar surface area (TPSA) is 71.3 Å². The highest BCUT2D eigenvalue weighted by molar-refractivity contribution is 5.80.